The summed E-state index contributed by atoms with van der Waals surface area (Å²) in [4.78, 5) is 0. The molecule has 0 saturated heterocycles. The van der Waals surface area contributed by atoms with Crippen LogP contribution in [0.1, 0.15) is 30.7 Å². The molecule has 2 rings (SSSR count). The largest absolute Gasteiger partial charge is 0.497 e. The first-order valence-electron chi connectivity index (χ1n) is 5.19. The van der Waals surface area contributed by atoms with E-state index < -0.39 is 0 Å². The van der Waals surface area contributed by atoms with Crippen molar-refractivity contribution in [2.24, 2.45) is 5.73 Å². The number of hydrogen-bond donors (Lipinski definition) is 1. The second kappa shape index (κ2) is 4.01. The van der Waals surface area contributed by atoms with Crippen molar-refractivity contribution in [2.75, 3.05) is 7.11 Å². The molecule has 2 heteroatoms. The molecule has 14 heavy (non-hydrogen) atoms. The van der Waals surface area contributed by atoms with Crippen LogP contribution in [0, 0.1) is 0 Å². The fraction of sp³-hybridized carbons (Fsp3) is 0.500. The summed E-state index contributed by atoms with van der Waals surface area (Å²) < 4.78 is 5.13. The van der Waals surface area contributed by atoms with Crippen LogP contribution in [0.25, 0.3) is 0 Å². The smallest absolute Gasteiger partial charge is 0.118 e. The molecule has 76 valence electrons. The summed E-state index contributed by atoms with van der Waals surface area (Å²) >= 11 is 0. The van der Waals surface area contributed by atoms with E-state index in [0.29, 0.717) is 12.0 Å². The van der Waals surface area contributed by atoms with Crippen LogP contribution in [0.15, 0.2) is 24.3 Å². The van der Waals surface area contributed by atoms with Crippen molar-refractivity contribution in [3.63, 3.8) is 0 Å². The molecule has 1 aromatic rings. The Morgan fingerprint density at radius 1 is 1.21 bits per heavy atom. The molecule has 0 radical (unpaired) electrons. The molecule has 1 fully saturated rings. The van der Waals surface area contributed by atoms with Gasteiger partial charge in [-0.05, 0) is 42.9 Å². The molecule has 2 atom stereocenters. The Bertz CT molecular complexity index is 294. The lowest BCUT2D eigenvalue weighted by Crippen LogP contribution is -2.14. The van der Waals surface area contributed by atoms with E-state index in [1.165, 1.54) is 12.0 Å². The Hall–Kier alpha value is -1.02. The van der Waals surface area contributed by atoms with E-state index in [9.17, 15) is 0 Å². The van der Waals surface area contributed by atoms with E-state index in [-0.39, 0.29) is 0 Å². The molecular weight excluding hydrogens is 174 g/mol. The normalized spacial score (nSPS) is 26.4. The lowest BCUT2D eigenvalue weighted by molar-refractivity contribution is 0.414. The predicted octanol–water partition coefficient (Wildman–Crippen LogP) is 2.29. The SMILES string of the molecule is COc1ccc([C@H]2CC[C@H](N)C2)cc1. The van der Waals surface area contributed by atoms with Crippen molar-refractivity contribution in [3.05, 3.63) is 29.8 Å². The molecule has 0 aliphatic heterocycles. The predicted molar refractivity (Wildman–Crippen MR) is 57.6 cm³/mol. The number of benzene rings is 1. The second-order valence-electron chi connectivity index (χ2n) is 4.04. The maximum absolute atomic E-state index is 5.89. The Kier molecular flexibility index (Phi) is 2.73. The van der Waals surface area contributed by atoms with Crippen LogP contribution in [0.4, 0.5) is 0 Å². The zero-order valence-corrected chi connectivity index (χ0v) is 8.57. The van der Waals surface area contributed by atoms with Gasteiger partial charge in [0.25, 0.3) is 0 Å². The van der Waals surface area contributed by atoms with Gasteiger partial charge in [0.05, 0.1) is 7.11 Å². The fourth-order valence-electron chi connectivity index (χ4n) is 2.20. The van der Waals surface area contributed by atoms with Crippen molar-refractivity contribution >= 4 is 0 Å². The summed E-state index contributed by atoms with van der Waals surface area (Å²) in [6, 6.07) is 8.77. The molecule has 0 amide bonds. The van der Waals surface area contributed by atoms with Crippen molar-refractivity contribution in [1.29, 1.82) is 0 Å². The average Bonchev–Trinajstić information content (AvgIpc) is 2.65. The molecule has 1 aliphatic carbocycles. The van der Waals surface area contributed by atoms with Gasteiger partial charge in [-0.25, -0.2) is 0 Å². The second-order valence-corrected chi connectivity index (χ2v) is 4.04. The van der Waals surface area contributed by atoms with E-state index in [1.807, 2.05) is 12.1 Å². The zero-order chi connectivity index (χ0) is 9.97. The van der Waals surface area contributed by atoms with E-state index in [2.05, 4.69) is 12.1 Å². The summed E-state index contributed by atoms with van der Waals surface area (Å²) in [5.74, 6) is 1.59. The number of rotatable bonds is 2. The van der Waals surface area contributed by atoms with Crippen LogP contribution in [-0.4, -0.2) is 13.2 Å². The third-order valence-electron chi connectivity index (χ3n) is 3.06. The minimum Gasteiger partial charge on any atom is -0.497 e. The maximum Gasteiger partial charge on any atom is 0.118 e. The van der Waals surface area contributed by atoms with Gasteiger partial charge in [0, 0.05) is 6.04 Å². The number of hydrogen-bond acceptors (Lipinski definition) is 2. The highest BCUT2D eigenvalue weighted by molar-refractivity contribution is 5.30. The van der Waals surface area contributed by atoms with Gasteiger partial charge in [-0.1, -0.05) is 12.1 Å². The van der Waals surface area contributed by atoms with Gasteiger partial charge in [-0.2, -0.15) is 0 Å². The first kappa shape index (κ1) is 9.53. The third-order valence-corrected chi connectivity index (χ3v) is 3.06. The van der Waals surface area contributed by atoms with Crippen LogP contribution in [0.5, 0.6) is 5.75 Å². The molecule has 0 spiro atoms. The Morgan fingerprint density at radius 3 is 2.43 bits per heavy atom. The van der Waals surface area contributed by atoms with E-state index in [0.717, 1.165) is 18.6 Å². The van der Waals surface area contributed by atoms with Crippen molar-refractivity contribution in [2.45, 2.75) is 31.2 Å². The summed E-state index contributed by atoms with van der Waals surface area (Å²) in [5, 5.41) is 0. The van der Waals surface area contributed by atoms with Gasteiger partial charge >= 0.3 is 0 Å². The number of ether oxygens (including phenoxy) is 1. The number of nitrogens with two attached hydrogens (primary N) is 1. The molecular formula is C12H17NO. The molecule has 0 heterocycles. The van der Waals surface area contributed by atoms with Gasteiger partial charge in [0.2, 0.25) is 0 Å². The van der Waals surface area contributed by atoms with E-state index >= 15 is 0 Å². The van der Waals surface area contributed by atoms with Gasteiger partial charge in [0.15, 0.2) is 0 Å². The molecule has 0 unspecified atom stereocenters. The molecule has 1 aliphatic rings. The van der Waals surface area contributed by atoms with Crippen molar-refractivity contribution in [1.82, 2.24) is 0 Å². The first-order chi connectivity index (χ1) is 6.79. The summed E-state index contributed by atoms with van der Waals surface area (Å²) in [6.45, 7) is 0. The molecule has 0 bridgehead atoms. The lowest BCUT2D eigenvalue weighted by atomic mass is 9.97. The van der Waals surface area contributed by atoms with Crippen molar-refractivity contribution in [3.8, 4) is 5.75 Å². The third kappa shape index (κ3) is 1.90. The minimum atomic E-state index is 0.405. The molecule has 2 nitrogen and oxygen atoms in total. The van der Waals surface area contributed by atoms with Crippen LogP contribution >= 0.6 is 0 Å². The van der Waals surface area contributed by atoms with Gasteiger partial charge in [-0.15, -0.1) is 0 Å². The highest BCUT2D eigenvalue weighted by Crippen LogP contribution is 2.33. The quantitative estimate of drug-likeness (QED) is 0.778. The lowest BCUT2D eigenvalue weighted by Gasteiger charge is -2.10. The molecule has 1 saturated carbocycles. The zero-order valence-electron chi connectivity index (χ0n) is 8.57. The minimum absolute atomic E-state index is 0.405. The first-order valence-corrected chi connectivity index (χ1v) is 5.19. The van der Waals surface area contributed by atoms with E-state index in [1.54, 1.807) is 7.11 Å². The number of methoxy groups -OCH3 is 1. The van der Waals surface area contributed by atoms with Crippen molar-refractivity contribution < 1.29 is 4.74 Å². The average molecular weight is 191 g/mol. The Morgan fingerprint density at radius 2 is 1.93 bits per heavy atom. The highest BCUT2D eigenvalue weighted by atomic mass is 16.5. The summed E-state index contributed by atoms with van der Waals surface area (Å²) in [6.07, 6.45) is 3.52. The van der Waals surface area contributed by atoms with Crippen LogP contribution in [0.3, 0.4) is 0 Å². The Balaban J connectivity index is 2.09. The summed E-state index contributed by atoms with van der Waals surface area (Å²) in [5.41, 5.74) is 7.30. The topological polar surface area (TPSA) is 35.2 Å². The van der Waals surface area contributed by atoms with Gasteiger partial charge < -0.3 is 10.5 Å². The molecule has 1 aromatic carbocycles. The monoisotopic (exact) mass is 191 g/mol. The standard InChI is InChI=1S/C12H17NO/c1-14-12-6-3-9(4-7-12)10-2-5-11(13)8-10/h3-4,6-7,10-11H,2,5,8,13H2,1H3/t10-,11-/m0/s1. The highest BCUT2D eigenvalue weighted by Gasteiger charge is 2.22. The molecule has 0 aromatic heterocycles. The van der Waals surface area contributed by atoms with Crippen LogP contribution in [-0.2, 0) is 0 Å². The van der Waals surface area contributed by atoms with Crippen LogP contribution < -0.4 is 10.5 Å². The summed E-state index contributed by atoms with van der Waals surface area (Å²) in [7, 11) is 1.69. The van der Waals surface area contributed by atoms with E-state index in [4.69, 9.17) is 10.5 Å². The van der Waals surface area contributed by atoms with Crippen LogP contribution in [0.2, 0.25) is 0 Å². The maximum atomic E-state index is 5.89. The Labute approximate surface area is 85.1 Å². The van der Waals surface area contributed by atoms with Gasteiger partial charge in [-0.3, -0.25) is 0 Å². The fourth-order valence-corrected chi connectivity index (χ4v) is 2.20. The van der Waals surface area contributed by atoms with Gasteiger partial charge in [0.1, 0.15) is 5.75 Å². The molecule has 2 N–H and O–H groups in total.